The van der Waals surface area contributed by atoms with Crippen molar-refractivity contribution >= 4 is 17.5 Å². The van der Waals surface area contributed by atoms with Gasteiger partial charge >= 0.3 is 0 Å². The number of hydrogen-bond acceptors (Lipinski definition) is 7. The fourth-order valence-electron chi connectivity index (χ4n) is 2.79. The fraction of sp³-hybridized carbons (Fsp3) is 0.238. The van der Waals surface area contributed by atoms with Gasteiger partial charge in [0.15, 0.2) is 11.5 Å². The molecule has 0 unspecified atom stereocenters. The number of nitrogens with zero attached hydrogens (tertiary/aromatic N) is 2. The van der Waals surface area contributed by atoms with Gasteiger partial charge in [0.1, 0.15) is 5.82 Å². The van der Waals surface area contributed by atoms with Gasteiger partial charge in [-0.2, -0.15) is 4.98 Å². The highest BCUT2D eigenvalue weighted by atomic mass is 16.5. The van der Waals surface area contributed by atoms with E-state index < -0.39 is 0 Å². The second kappa shape index (κ2) is 8.94. The average Bonchev–Trinajstić information content (AvgIpc) is 2.71. The summed E-state index contributed by atoms with van der Waals surface area (Å²) in [5, 5.41) is 6.54. The Hall–Kier alpha value is -3.48. The molecule has 0 fully saturated rings. The molecule has 0 aliphatic heterocycles. The molecule has 7 nitrogen and oxygen atoms in total. The zero-order valence-electron chi connectivity index (χ0n) is 16.4. The molecule has 0 aliphatic rings. The third-order valence-corrected chi connectivity index (χ3v) is 4.09. The standard InChI is InChI=1S/C21H24N4O3/c1-14-10-19(22-13-15-8-6-5-7-9-15)25-21(23-14)24-16-11-17(26-2)20(28-4)18(12-16)27-3/h5-12H,13H2,1-4H3,(H2,22,23,24,25). The molecular formula is C21H24N4O3. The van der Waals surface area contributed by atoms with Crippen LogP contribution in [0.4, 0.5) is 17.5 Å². The van der Waals surface area contributed by atoms with Gasteiger partial charge in [0.2, 0.25) is 11.7 Å². The minimum absolute atomic E-state index is 0.477. The highest BCUT2D eigenvalue weighted by Gasteiger charge is 2.14. The number of nitrogens with one attached hydrogen (secondary N) is 2. The molecule has 0 amide bonds. The molecule has 0 saturated carbocycles. The Balaban J connectivity index is 1.81. The van der Waals surface area contributed by atoms with Gasteiger partial charge in [0.25, 0.3) is 0 Å². The Morgan fingerprint density at radius 1 is 0.857 bits per heavy atom. The zero-order chi connectivity index (χ0) is 19.9. The Labute approximate surface area is 164 Å². The van der Waals surface area contributed by atoms with Crippen LogP contribution in [-0.4, -0.2) is 31.3 Å². The molecular weight excluding hydrogens is 356 g/mol. The third-order valence-electron chi connectivity index (χ3n) is 4.09. The molecule has 2 N–H and O–H groups in total. The van der Waals surface area contributed by atoms with Crippen LogP contribution < -0.4 is 24.8 Å². The molecule has 0 atom stereocenters. The van der Waals surface area contributed by atoms with Gasteiger partial charge in [0.05, 0.1) is 21.3 Å². The minimum Gasteiger partial charge on any atom is -0.493 e. The maximum atomic E-state index is 5.39. The van der Waals surface area contributed by atoms with Crippen LogP contribution in [0.5, 0.6) is 17.2 Å². The number of hydrogen-bond donors (Lipinski definition) is 2. The predicted molar refractivity (Wildman–Crippen MR) is 110 cm³/mol. The lowest BCUT2D eigenvalue weighted by atomic mass is 10.2. The third kappa shape index (κ3) is 4.62. The molecule has 0 saturated heterocycles. The van der Waals surface area contributed by atoms with E-state index in [0.29, 0.717) is 29.7 Å². The molecule has 3 rings (SSSR count). The van der Waals surface area contributed by atoms with Crippen molar-refractivity contribution in [3.8, 4) is 17.2 Å². The zero-order valence-corrected chi connectivity index (χ0v) is 16.4. The van der Waals surface area contributed by atoms with Crippen LogP contribution in [0.25, 0.3) is 0 Å². The Bertz CT molecular complexity index is 907. The maximum absolute atomic E-state index is 5.39. The van der Waals surface area contributed by atoms with Crippen molar-refractivity contribution in [3.05, 3.63) is 59.8 Å². The molecule has 3 aromatic rings. The van der Waals surface area contributed by atoms with Crippen molar-refractivity contribution in [3.63, 3.8) is 0 Å². The quantitative estimate of drug-likeness (QED) is 0.607. The summed E-state index contributed by atoms with van der Waals surface area (Å²) in [4.78, 5) is 9.01. The molecule has 1 heterocycles. The van der Waals surface area contributed by atoms with Gasteiger partial charge in [-0.15, -0.1) is 0 Å². The van der Waals surface area contributed by atoms with Crippen molar-refractivity contribution in [2.75, 3.05) is 32.0 Å². The lowest BCUT2D eigenvalue weighted by molar-refractivity contribution is 0.324. The number of anilines is 3. The molecule has 146 valence electrons. The average molecular weight is 380 g/mol. The molecule has 0 aliphatic carbocycles. The van der Waals surface area contributed by atoms with Crippen LogP contribution in [0.15, 0.2) is 48.5 Å². The first-order valence-corrected chi connectivity index (χ1v) is 8.83. The van der Waals surface area contributed by atoms with E-state index in [-0.39, 0.29) is 0 Å². The van der Waals surface area contributed by atoms with E-state index in [1.165, 1.54) is 5.56 Å². The number of methoxy groups -OCH3 is 3. The smallest absolute Gasteiger partial charge is 0.229 e. The van der Waals surface area contributed by atoms with Crippen LogP contribution >= 0.6 is 0 Å². The number of benzene rings is 2. The number of aryl methyl sites for hydroxylation is 1. The second-order valence-corrected chi connectivity index (χ2v) is 6.10. The molecule has 0 spiro atoms. The van der Waals surface area contributed by atoms with E-state index in [1.807, 2.05) is 43.3 Å². The fourth-order valence-corrected chi connectivity index (χ4v) is 2.79. The summed E-state index contributed by atoms with van der Waals surface area (Å²) in [5.41, 5.74) is 2.76. The van der Waals surface area contributed by atoms with Crippen molar-refractivity contribution in [2.45, 2.75) is 13.5 Å². The molecule has 2 aromatic carbocycles. The Kier molecular flexibility index (Phi) is 6.16. The van der Waals surface area contributed by atoms with Crippen molar-refractivity contribution in [1.29, 1.82) is 0 Å². The van der Waals surface area contributed by atoms with E-state index in [1.54, 1.807) is 21.3 Å². The van der Waals surface area contributed by atoms with E-state index in [4.69, 9.17) is 14.2 Å². The van der Waals surface area contributed by atoms with Crippen molar-refractivity contribution in [1.82, 2.24) is 9.97 Å². The number of ether oxygens (including phenoxy) is 3. The SMILES string of the molecule is COc1cc(Nc2nc(C)cc(NCc3ccccc3)n2)cc(OC)c1OC. The molecule has 0 bridgehead atoms. The summed E-state index contributed by atoms with van der Waals surface area (Å²) >= 11 is 0. The summed E-state index contributed by atoms with van der Waals surface area (Å²) in [6.45, 7) is 2.61. The summed E-state index contributed by atoms with van der Waals surface area (Å²) in [7, 11) is 4.73. The highest BCUT2D eigenvalue weighted by molar-refractivity contribution is 5.66. The Morgan fingerprint density at radius 2 is 1.54 bits per heavy atom. The van der Waals surface area contributed by atoms with Gasteiger partial charge in [0, 0.05) is 36.1 Å². The van der Waals surface area contributed by atoms with Gasteiger partial charge in [-0.3, -0.25) is 0 Å². The lowest BCUT2D eigenvalue weighted by Crippen LogP contribution is -2.06. The number of aromatic nitrogens is 2. The van der Waals surface area contributed by atoms with E-state index in [9.17, 15) is 0 Å². The van der Waals surface area contributed by atoms with Gasteiger partial charge in [-0.1, -0.05) is 30.3 Å². The van der Waals surface area contributed by atoms with Crippen molar-refractivity contribution < 1.29 is 14.2 Å². The van der Waals surface area contributed by atoms with Crippen LogP contribution in [0.3, 0.4) is 0 Å². The largest absolute Gasteiger partial charge is 0.493 e. The van der Waals surface area contributed by atoms with Crippen LogP contribution in [0, 0.1) is 6.92 Å². The first-order valence-electron chi connectivity index (χ1n) is 8.83. The molecule has 7 heteroatoms. The summed E-state index contributed by atoms with van der Waals surface area (Å²) in [5.74, 6) is 2.86. The van der Waals surface area contributed by atoms with Gasteiger partial charge in [-0.25, -0.2) is 4.98 Å². The Morgan fingerprint density at radius 3 is 2.14 bits per heavy atom. The summed E-state index contributed by atoms with van der Waals surface area (Å²) < 4.78 is 16.1. The molecule has 0 radical (unpaired) electrons. The van der Waals surface area contributed by atoms with Gasteiger partial charge in [-0.05, 0) is 12.5 Å². The predicted octanol–water partition coefficient (Wildman–Crippen LogP) is 4.17. The van der Waals surface area contributed by atoms with E-state index in [0.717, 1.165) is 17.2 Å². The molecule has 1 aromatic heterocycles. The molecule has 28 heavy (non-hydrogen) atoms. The van der Waals surface area contributed by atoms with E-state index in [2.05, 4.69) is 32.7 Å². The highest BCUT2D eigenvalue weighted by Crippen LogP contribution is 2.40. The van der Waals surface area contributed by atoms with E-state index >= 15 is 0 Å². The summed E-state index contributed by atoms with van der Waals surface area (Å²) in [6.07, 6.45) is 0. The number of rotatable bonds is 8. The van der Waals surface area contributed by atoms with Crippen LogP contribution in [0.2, 0.25) is 0 Å². The minimum atomic E-state index is 0.477. The topological polar surface area (TPSA) is 77.5 Å². The van der Waals surface area contributed by atoms with Crippen molar-refractivity contribution in [2.24, 2.45) is 0 Å². The van der Waals surface area contributed by atoms with Crippen LogP contribution in [-0.2, 0) is 6.54 Å². The first-order chi connectivity index (χ1) is 13.6. The van der Waals surface area contributed by atoms with Crippen LogP contribution in [0.1, 0.15) is 11.3 Å². The monoisotopic (exact) mass is 380 g/mol. The lowest BCUT2D eigenvalue weighted by Gasteiger charge is -2.15. The first kappa shape index (κ1) is 19.3. The maximum Gasteiger partial charge on any atom is 0.229 e. The van der Waals surface area contributed by atoms with Gasteiger partial charge < -0.3 is 24.8 Å². The summed E-state index contributed by atoms with van der Waals surface area (Å²) in [6, 6.07) is 15.7. The second-order valence-electron chi connectivity index (χ2n) is 6.10. The normalized spacial score (nSPS) is 10.3.